The Morgan fingerprint density at radius 2 is 1.44 bits per heavy atom. The Labute approximate surface area is 110 Å². The van der Waals surface area contributed by atoms with Crippen LogP contribution in [0.15, 0.2) is 36.4 Å². The van der Waals surface area contributed by atoms with Gasteiger partial charge in [-0.15, -0.1) is 0 Å². The summed E-state index contributed by atoms with van der Waals surface area (Å²) in [6.45, 7) is 0. The fourth-order valence-corrected chi connectivity index (χ4v) is 2.09. The van der Waals surface area contributed by atoms with Gasteiger partial charge in [-0.1, -0.05) is 23.7 Å². The Kier molecular flexibility index (Phi) is 3.72. The second-order valence-electron chi connectivity index (χ2n) is 3.63. The maximum absolute atomic E-state index is 14.0. The van der Waals surface area contributed by atoms with Crippen molar-refractivity contribution in [2.24, 2.45) is 0 Å². The van der Waals surface area contributed by atoms with Crippen molar-refractivity contribution in [3.63, 3.8) is 0 Å². The van der Waals surface area contributed by atoms with Gasteiger partial charge in [0, 0.05) is 5.56 Å². The van der Waals surface area contributed by atoms with E-state index >= 15 is 0 Å². The molecule has 0 N–H and O–H groups in total. The van der Waals surface area contributed by atoms with Crippen LogP contribution in [0.1, 0.15) is 0 Å². The average Bonchev–Trinajstić information content (AvgIpc) is 2.38. The van der Waals surface area contributed by atoms with Gasteiger partial charge in [0.05, 0.1) is 24.8 Å². The molecule has 0 saturated carbocycles. The van der Waals surface area contributed by atoms with Crippen LogP contribution in [0.25, 0.3) is 11.1 Å². The van der Waals surface area contributed by atoms with Crippen molar-refractivity contribution < 1.29 is 13.9 Å². The molecule has 0 unspecified atom stereocenters. The van der Waals surface area contributed by atoms with Gasteiger partial charge in [0.2, 0.25) is 0 Å². The van der Waals surface area contributed by atoms with E-state index in [1.807, 2.05) is 0 Å². The van der Waals surface area contributed by atoms with Gasteiger partial charge in [0.1, 0.15) is 17.3 Å². The average molecular weight is 267 g/mol. The van der Waals surface area contributed by atoms with Crippen molar-refractivity contribution in [1.29, 1.82) is 0 Å². The quantitative estimate of drug-likeness (QED) is 0.830. The highest BCUT2D eigenvalue weighted by atomic mass is 35.5. The Morgan fingerprint density at radius 3 is 1.94 bits per heavy atom. The van der Waals surface area contributed by atoms with Crippen LogP contribution in [0.3, 0.4) is 0 Å². The smallest absolute Gasteiger partial charge is 0.132 e. The minimum Gasteiger partial charge on any atom is -0.496 e. The molecule has 0 aromatic heterocycles. The lowest BCUT2D eigenvalue weighted by Crippen LogP contribution is -1.95. The van der Waals surface area contributed by atoms with E-state index in [4.69, 9.17) is 21.1 Å². The van der Waals surface area contributed by atoms with E-state index in [1.165, 1.54) is 20.3 Å². The Hall–Kier alpha value is -1.74. The third-order valence-electron chi connectivity index (χ3n) is 2.64. The highest BCUT2D eigenvalue weighted by Crippen LogP contribution is 2.42. The number of hydrogen-bond donors (Lipinski definition) is 0. The normalized spacial score (nSPS) is 10.2. The van der Waals surface area contributed by atoms with E-state index in [0.29, 0.717) is 22.1 Å². The minimum atomic E-state index is -0.412. The molecule has 0 amide bonds. The van der Waals surface area contributed by atoms with Crippen LogP contribution in [0, 0.1) is 5.82 Å². The van der Waals surface area contributed by atoms with E-state index in [1.54, 1.807) is 30.3 Å². The molecule has 2 rings (SSSR count). The lowest BCUT2D eigenvalue weighted by molar-refractivity contribution is 0.397. The van der Waals surface area contributed by atoms with Crippen molar-refractivity contribution in [2.45, 2.75) is 0 Å². The molecule has 0 aliphatic carbocycles. The number of ether oxygens (including phenoxy) is 2. The zero-order chi connectivity index (χ0) is 13.1. The minimum absolute atomic E-state index is 0.286. The first-order valence-electron chi connectivity index (χ1n) is 5.34. The van der Waals surface area contributed by atoms with Crippen LogP contribution in [-0.4, -0.2) is 14.2 Å². The van der Waals surface area contributed by atoms with Gasteiger partial charge in [-0.2, -0.15) is 0 Å². The molecular formula is C14H12ClFO2. The Bertz CT molecular complexity index is 527. The molecule has 0 spiro atoms. The van der Waals surface area contributed by atoms with Crippen molar-refractivity contribution in [2.75, 3.05) is 14.2 Å². The summed E-state index contributed by atoms with van der Waals surface area (Å²) < 4.78 is 24.5. The maximum Gasteiger partial charge on any atom is 0.132 e. The SMILES string of the molecule is COc1cccc(OC)c1-c1c(F)cccc1Cl. The van der Waals surface area contributed by atoms with E-state index in [9.17, 15) is 4.39 Å². The van der Waals surface area contributed by atoms with E-state index in [0.717, 1.165) is 0 Å². The largest absolute Gasteiger partial charge is 0.496 e. The van der Waals surface area contributed by atoms with Gasteiger partial charge < -0.3 is 9.47 Å². The van der Waals surface area contributed by atoms with Gasteiger partial charge in [-0.3, -0.25) is 0 Å². The Balaban J connectivity index is 2.77. The topological polar surface area (TPSA) is 18.5 Å². The molecule has 94 valence electrons. The summed E-state index contributed by atoms with van der Waals surface area (Å²) in [5.74, 6) is 0.619. The van der Waals surface area contributed by atoms with Gasteiger partial charge in [0.25, 0.3) is 0 Å². The third-order valence-corrected chi connectivity index (χ3v) is 2.96. The molecule has 0 aliphatic heterocycles. The molecule has 4 heteroatoms. The highest BCUT2D eigenvalue weighted by Gasteiger charge is 2.18. The lowest BCUT2D eigenvalue weighted by atomic mass is 10.0. The summed E-state index contributed by atoms with van der Waals surface area (Å²) in [6, 6.07) is 9.79. The second kappa shape index (κ2) is 5.27. The van der Waals surface area contributed by atoms with Crippen LogP contribution in [0.5, 0.6) is 11.5 Å². The molecule has 18 heavy (non-hydrogen) atoms. The summed E-state index contributed by atoms with van der Waals surface area (Å²) in [7, 11) is 3.04. The molecule has 0 radical (unpaired) electrons. The molecular weight excluding hydrogens is 255 g/mol. The molecule has 0 heterocycles. The van der Waals surface area contributed by atoms with Crippen LogP contribution >= 0.6 is 11.6 Å². The van der Waals surface area contributed by atoms with Crippen molar-refractivity contribution >= 4 is 11.6 Å². The summed E-state index contributed by atoms with van der Waals surface area (Å²) in [5, 5.41) is 0.317. The second-order valence-corrected chi connectivity index (χ2v) is 4.04. The lowest BCUT2D eigenvalue weighted by Gasteiger charge is -2.14. The summed E-state index contributed by atoms with van der Waals surface area (Å²) in [6.07, 6.45) is 0. The first-order valence-corrected chi connectivity index (χ1v) is 5.72. The predicted molar refractivity (Wildman–Crippen MR) is 70.0 cm³/mol. The van der Waals surface area contributed by atoms with Crippen molar-refractivity contribution in [1.82, 2.24) is 0 Å². The van der Waals surface area contributed by atoms with Gasteiger partial charge in [-0.25, -0.2) is 4.39 Å². The van der Waals surface area contributed by atoms with Gasteiger partial charge in [-0.05, 0) is 24.3 Å². The summed E-state index contributed by atoms with van der Waals surface area (Å²) in [4.78, 5) is 0. The fourth-order valence-electron chi connectivity index (χ4n) is 1.83. The van der Waals surface area contributed by atoms with Crippen LogP contribution in [0.4, 0.5) is 4.39 Å². The molecule has 2 nitrogen and oxygen atoms in total. The first-order chi connectivity index (χ1) is 8.69. The number of halogens is 2. The third kappa shape index (κ3) is 2.14. The molecule has 0 bridgehead atoms. The number of methoxy groups -OCH3 is 2. The monoisotopic (exact) mass is 266 g/mol. The first kappa shape index (κ1) is 12.7. The Morgan fingerprint density at radius 1 is 0.889 bits per heavy atom. The number of benzene rings is 2. The zero-order valence-electron chi connectivity index (χ0n) is 10.0. The molecule has 0 fully saturated rings. The number of hydrogen-bond acceptors (Lipinski definition) is 2. The highest BCUT2D eigenvalue weighted by molar-refractivity contribution is 6.33. The summed E-state index contributed by atoms with van der Waals surface area (Å²) in [5.41, 5.74) is 0.805. The standard InChI is InChI=1S/C14H12ClFO2/c1-17-11-7-4-8-12(18-2)14(11)13-9(15)5-3-6-10(13)16/h3-8H,1-2H3. The van der Waals surface area contributed by atoms with Crippen LogP contribution < -0.4 is 9.47 Å². The van der Waals surface area contributed by atoms with Gasteiger partial charge in [0.15, 0.2) is 0 Å². The van der Waals surface area contributed by atoms with E-state index in [-0.39, 0.29) is 5.56 Å². The molecule has 0 aliphatic rings. The van der Waals surface area contributed by atoms with Crippen molar-refractivity contribution in [3.05, 3.63) is 47.2 Å². The predicted octanol–water partition coefficient (Wildman–Crippen LogP) is 4.16. The van der Waals surface area contributed by atoms with Crippen LogP contribution in [-0.2, 0) is 0 Å². The molecule has 2 aromatic rings. The summed E-state index contributed by atoms with van der Waals surface area (Å²) >= 11 is 6.07. The molecule has 0 atom stereocenters. The van der Waals surface area contributed by atoms with Gasteiger partial charge >= 0.3 is 0 Å². The maximum atomic E-state index is 14.0. The van der Waals surface area contributed by atoms with Crippen molar-refractivity contribution in [3.8, 4) is 22.6 Å². The fraction of sp³-hybridized carbons (Fsp3) is 0.143. The van der Waals surface area contributed by atoms with E-state index in [2.05, 4.69) is 0 Å². The molecule has 2 aromatic carbocycles. The number of rotatable bonds is 3. The molecule has 0 saturated heterocycles. The zero-order valence-corrected chi connectivity index (χ0v) is 10.8. The van der Waals surface area contributed by atoms with E-state index < -0.39 is 5.82 Å². The van der Waals surface area contributed by atoms with Crippen LogP contribution in [0.2, 0.25) is 5.02 Å².